The largest absolute Gasteiger partial charge is 0.491 e. The van der Waals surface area contributed by atoms with Crippen molar-refractivity contribution in [2.24, 2.45) is 0 Å². The van der Waals surface area contributed by atoms with E-state index in [9.17, 15) is 4.39 Å². The zero-order valence-corrected chi connectivity index (χ0v) is 9.49. The maximum atomic E-state index is 12.7. The van der Waals surface area contributed by atoms with Gasteiger partial charge in [0.2, 0.25) is 0 Å². The first kappa shape index (κ1) is 11.4. The highest BCUT2D eigenvalue weighted by atomic mass is 19.1. The molecule has 1 fully saturated rings. The summed E-state index contributed by atoms with van der Waals surface area (Å²) in [5.74, 6) is 0.457. The SMILES string of the molecule is CC1CCC[C@@H](COc2ccc(F)cc2)O1. The predicted molar refractivity (Wildman–Crippen MR) is 60.1 cm³/mol. The topological polar surface area (TPSA) is 18.5 Å². The van der Waals surface area contributed by atoms with Gasteiger partial charge in [-0.2, -0.15) is 0 Å². The standard InChI is InChI=1S/C13H17FO2/c1-10-3-2-4-13(16-10)9-15-12-7-5-11(14)6-8-12/h5-8,10,13H,2-4,9H2,1H3/t10?,13-/m0/s1. The average molecular weight is 224 g/mol. The van der Waals surface area contributed by atoms with Crippen LogP contribution < -0.4 is 4.74 Å². The third-order valence-electron chi connectivity index (χ3n) is 2.81. The molecule has 0 amide bonds. The van der Waals surface area contributed by atoms with Crippen LogP contribution in [0, 0.1) is 5.82 Å². The van der Waals surface area contributed by atoms with E-state index in [0.29, 0.717) is 18.5 Å². The van der Waals surface area contributed by atoms with Crippen molar-refractivity contribution in [2.45, 2.75) is 38.4 Å². The molecule has 88 valence electrons. The number of halogens is 1. The van der Waals surface area contributed by atoms with Gasteiger partial charge < -0.3 is 9.47 Å². The molecule has 1 saturated heterocycles. The van der Waals surface area contributed by atoms with E-state index in [-0.39, 0.29) is 11.9 Å². The third-order valence-corrected chi connectivity index (χ3v) is 2.81. The molecule has 2 rings (SSSR count). The van der Waals surface area contributed by atoms with Crippen LogP contribution >= 0.6 is 0 Å². The van der Waals surface area contributed by atoms with Crippen LogP contribution in [-0.2, 0) is 4.74 Å². The van der Waals surface area contributed by atoms with Crippen molar-refractivity contribution in [1.29, 1.82) is 0 Å². The molecule has 1 aromatic rings. The van der Waals surface area contributed by atoms with Crippen molar-refractivity contribution in [3.63, 3.8) is 0 Å². The van der Waals surface area contributed by atoms with Crippen molar-refractivity contribution in [1.82, 2.24) is 0 Å². The average Bonchev–Trinajstić information content (AvgIpc) is 2.28. The normalized spacial score (nSPS) is 25.4. The van der Waals surface area contributed by atoms with Crippen molar-refractivity contribution < 1.29 is 13.9 Å². The minimum Gasteiger partial charge on any atom is -0.491 e. The quantitative estimate of drug-likeness (QED) is 0.785. The van der Waals surface area contributed by atoms with Crippen LogP contribution in [0.5, 0.6) is 5.75 Å². The van der Waals surface area contributed by atoms with Crippen LogP contribution in [0.2, 0.25) is 0 Å². The highest BCUT2D eigenvalue weighted by Gasteiger charge is 2.19. The lowest BCUT2D eigenvalue weighted by Gasteiger charge is -2.27. The summed E-state index contributed by atoms with van der Waals surface area (Å²) >= 11 is 0. The second-order valence-electron chi connectivity index (χ2n) is 4.26. The van der Waals surface area contributed by atoms with E-state index < -0.39 is 0 Å². The van der Waals surface area contributed by atoms with Gasteiger partial charge in [-0.1, -0.05) is 0 Å². The fraction of sp³-hybridized carbons (Fsp3) is 0.538. The minimum atomic E-state index is -0.241. The highest BCUT2D eigenvalue weighted by molar-refractivity contribution is 5.22. The smallest absolute Gasteiger partial charge is 0.123 e. The van der Waals surface area contributed by atoms with Gasteiger partial charge in [-0.05, 0) is 50.5 Å². The summed E-state index contributed by atoms with van der Waals surface area (Å²) in [5.41, 5.74) is 0. The lowest BCUT2D eigenvalue weighted by molar-refractivity contribution is -0.0586. The maximum Gasteiger partial charge on any atom is 0.123 e. The van der Waals surface area contributed by atoms with E-state index in [1.54, 1.807) is 12.1 Å². The van der Waals surface area contributed by atoms with Crippen LogP contribution in [0.25, 0.3) is 0 Å². The molecule has 2 atom stereocenters. The Morgan fingerprint density at radius 1 is 1.31 bits per heavy atom. The van der Waals surface area contributed by atoms with Gasteiger partial charge >= 0.3 is 0 Å². The molecular weight excluding hydrogens is 207 g/mol. The van der Waals surface area contributed by atoms with Crippen molar-refractivity contribution in [3.05, 3.63) is 30.1 Å². The maximum absolute atomic E-state index is 12.7. The molecule has 0 aromatic heterocycles. The Morgan fingerprint density at radius 3 is 2.75 bits per heavy atom. The Morgan fingerprint density at radius 2 is 2.06 bits per heavy atom. The summed E-state index contributed by atoms with van der Waals surface area (Å²) in [7, 11) is 0. The zero-order valence-electron chi connectivity index (χ0n) is 9.49. The van der Waals surface area contributed by atoms with Gasteiger partial charge in [-0.25, -0.2) is 4.39 Å². The van der Waals surface area contributed by atoms with Crippen LogP contribution in [0.4, 0.5) is 4.39 Å². The second kappa shape index (κ2) is 5.30. The van der Waals surface area contributed by atoms with Gasteiger partial charge in [0.1, 0.15) is 18.2 Å². The van der Waals surface area contributed by atoms with Gasteiger partial charge in [-0.3, -0.25) is 0 Å². The first-order chi connectivity index (χ1) is 7.74. The van der Waals surface area contributed by atoms with Crippen LogP contribution in [-0.4, -0.2) is 18.8 Å². The molecule has 1 aliphatic heterocycles. The zero-order chi connectivity index (χ0) is 11.4. The molecule has 0 N–H and O–H groups in total. The molecule has 0 bridgehead atoms. The summed E-state index contributed by atoms with van der Waals surface area (Å²) in [6.45, 7) is 2.64. The second-order valence-corrected chi connectivity index (χ2v) is 4.26. The fourth-order valence-electron chi connectivity index (χ4n) is 1.94. The van der Waals surface area contributed by atoms with E-state index >= 15 is 0 Å². The summed E-state index contributed by atoms with van der Waals surface area (Å²) in [4.78, 5) is 0. The lowest BCUT2D eigenvalue weighted by Crippen LogP contribution is -2.30. The Labute approximate surface area is 95.4 Å². The van der Waals surface area contributed by atoms with Crippen molar-refractivity contribution in [3.8, 4) is 5.75 Å². The van der Waals surface area contributed by atoms with Gasteiger partial charge in [-0.15, -0.1) is 0 Å². The third kappa shape index (κ3) is 3.20. The minimum absolute atomic E-state index is 0.175. The van der Waals surface area contributed by atoms with Crippen molar-refractivity contribution in [2.75, 3.05) is 6.61 Å². The monoisotopic (exact) mass is 224 g/mol. The Hall–Kier alpha value is -1.09. The summed E-state index contributed by atoms with van der Waals surface area (Å²) in [6.07, 6.45) is 3.88. The van der Waals surface area contributed by atoms with Gasteiger partial charge in [0, 0.05) is 0 Å². The molecule has 16 heavy (non-hydrogen) atoms. The van der Waals surface area contributed by atoms with Gasteiger partial charge in [0.15, 0.2) is 0 Å². The molecule has 0 radical (unpaired) electrons. The molecule has 1 aromatic carbocycles. The van der Waals surface area contributed by atoms with E-state index in [2.05, 4.69) is 6.92 Å². The fourth-order valence-corrected chi connectivity index (χ4v) is 1.94. The van der Waals surface area contributed by atoms with Crippen LogP contribution in [0.3, 0.4) is 0 Å². The molecule has 0 spiro atoms. The Balaban J connectivity index is 1.80. The molecule has 2 nitrogen and oxygen atoms in total. The van der Waals surface area contributed by atoms with E-state index in [1.165, 1.54) is 18.6 Å². The lowest BCUT2D eigenvalue weighted by atomic mass is 10.1. The number of hydrogen-bond donors (Lipinski definition) is 0. The number of benzene rings is 1. The Bertz CT molecular complexity index is 323. The molecule has 1 aliphatic rings. The Kier molecular flexibility index (Phi) is 3.78. The molecule has 0 saturated carbocycles. The summed E-state index contributed by atoms with van der Waals surface area (Å²) < 4.78 is 23.9. The predicted octanol–water partition coefficient (Wildman–Crippen LogP) is 3.16. The van der Waals surface area contributed by atoms with E-state index in [1.807, 2.05) is 0 Å². The van der Waals surface area contributed by atoms with E-state index in [0.717, 1.165) is 12.8 Å². The first-order valence-electron chi connectivity index (χ1n) is 5.78. The molecule has 0 aliphatic carbocycles. The first-order valence-corrected chi connectivity index (χ1v) is 5.78. The molecule has 3 heteroatoms. The van der Waals surface area contributed by atoms with Crippen LogP contribution in [0.1, 0.15) is 26.2 Å². The van der Waals surface area contributed by atoms with Gasteiger partial charge in [0.25, 0.3) is 0 Å². The number of rotatable bonds is 3. The number of ether oxygens (including phenoxy) is 2. The van der Waals surface area contributed by atoms with Crippen molar-refractivity contribution >= 4 is 0 Å². The van der Waals surface area contributed by atoms with E-state index in [4.69, 9.17) is 9.47 Å². The summed E-state index contributed by atoms with van der Waals surface area (Å²) in [5, 5.41) is 0. The summed E-state index contributed by atoms with van der Waals surface area (Å²) in [6, 6.07) is 6.09. The molecule has 1 unspecified atom stereocenters. The van der Waals surface area contributed by atoms with Gasteiger partial charge in [0.05, 0.1) is 12.2 Å². The molecular formula is C13H17FO2. The number of hydrogen-bond acceptors (Lipinski definition) is 2. The molecule has 1 heterocycles. The van der Waals surface area contributed by atoms with Crippen LogP contribution in [0.15, 0.2) is 24.3 Å². The highest BCUT2D eigenvalue weighted by Crippen LogP contribution is 2.20.